The van der Waals surface area contributed by atoms with E-state index in [0.29, 0.717) is 13.0 Å². The zero-order valence-electron chi connectivity index (χ0n) is 11.6. The standard InChI is InChI=1S/C17H17BrN2O/c18-15-8-4-7-14-13(15)9-10-17(14,16(19)21)20-11-12-5-2-1-3-6-12/h1-8,20H,9-11H2,(H2,19,21). The van der Waals surface area contributed by atoms with Crippen molar-refractivity contribution >= 4 is 21.8 Å². The lowest BCUT2D eigenvalue weighted by molar-refractivity contribution is -0.124. The van der Waals surface area contributed by atoms with Crippen molar-refractivity contribution in [1.29, 1.82) is 0 Å². The third-order valence-corrected chi connectivity index (χ3v) is 4.93. The molecule has 0 saturated carbocycles. The molecule has 21 heavy (non-hydrogen) atoms. The summed E-state index contributed by atoms with van der Waals surface area (Å²) in [5, 5.41) is 3.40. The van der Waals surface area contributed by atoms with Crippen LogP contribution in [0.15, 0.2) is 53.0 Å². The summed E-state index contributed by atoms with van der Waals surface area (Å²) in [5.41, 5.74) is 8.29. The molecule has 1 atom stereocenters. The second-order valence-corrected chi connectivity index (χ2v) is 6.23. The highest BCUT2D eigenvalue weighted by atomic mass is 79.9. The molecule has 4 heteroatoms. The smallest absolute Gasteiger partial charge is 0.242 e. The maximum absolute atomic E-state index is 12.2. The first-order valence-electron chi connectivity index (χ1n) is 7.00. The van der Waals surface area contributed by atoms with Crippen LogP contribution in [0, 0.1) is 0 Å². The number of primary amides is 1. The predicted octanol–water partition coefficient (Wildman–Crippen LogP) is 2.87. The maximum atomic E-state index is 12.2. The number of hydrogen-bond acceptors (Lipinski definition) is 2. The second-order valence-electron chi connectivity index (χ2n) is 5.37. The monoisotopic (exact) mass is 344 g/mol. The van der Waals surface area contributed by atoms with E-state index in [1.807, 2.05) is 48.5 Å². The highest BCUT2D eigenvalue weighted by Gasteiger charge is 2.44. The molecule has 1 amide bonds. The molecular weight excluding hydrogens is 328 g/mol. The van der Waals surface area contributed by atoms with E-state index >= 15 is 0 Å². The van der Waals surface area contributed by atoms with Gasteiger partial charge in [0, 0.05) is 11.0 Å². The highest BCUT2D eigenvalue weighted by molar-refractivity contribution is 9.10. The summed E-state index contributed by atoms with van der Waals surface area (Å²) in [4.78, 5) is 12.2. The Kier molecular flexibility index (Phi) is 3.83. The first-order valence-corrected chi connectivity index (χ1v) is 7.79. The summed E-state index contributed by atoms with van der Waals surface area (Å²) in [5.74, 6) is -0.310. The van der Waals surface area contributed by atoms with E-state index in [1.54, 1.807) is 0 Å². The lowest BCUT2D eigenvalue weighted by Gasteiger charge is -2.28. The van der Waals surface area contributed by atoms with Crippen LogP contribution in [0.1, 0.15) is 23.1 Å². The maximum Gasteiger partial charge on any atom is 0.242 e. The van der Waals surface area contributed by atoms with Crippen molar-refractivity contribution in [2.75, 3.05) is 0 Å². The average Bonchev–Trinajstić information content (AvgIpc) is 2.88. The number of benzene rings is 2. The van der Waals surface area contributed by atoms with Gasteiger partial charge in [-0.15, -0.1) is 0 Å². The number of halogens is 1. The Morgan fingerprint density at radius 3 is 2.67 bits per heavy atom. The molecule has 0 fully saturated rings. The van der Waals surface area contributed by atoms with Crippen LogP contribution in [0.3, 0.4) is 0 Å². The molecule has 0 aliphatic heterocycles. The number of nitrogens with two attached hydrogens (primary N) is 1. The van der Waals surface area contributed by atoms with E-state index in [0.717, 1.165) is 22.0 Å². The third-order valence-electron chi connectivity index (χ3n) is 4.19. The molecule has 0 bridgehead atoms. The zero-order chi connectivity index (χ0) is 14.9. The van der Waals surface area contributed by atoms with Crippen LogP contribution in [0.4, 0.5) is 0 Å². The summed E-state index contributed by atoms with van der Waals surface area (Å²) in [6.07, 6.45) is 1.55. The van der Waals surface area contributed by atoms with Gasteiger partial charge in [-0.3, -0.25) is 10.1 Å². The number of fused-ring (bicyclic) bond motifs is 1. The Hall–Kier alpha value is -1.65. The molecular formula is C17H17BrN2O. The van der Waals surface area contributed by atoms with Gasteiger partial charge in [-0.1, -0.05) is 58.4 Å². The number of amides is 1. The van der Waals surface area contributed by atoms with Gasteiger partial charge >= 0.3 is 0 Å². The molecule has 0 aromatic heterocycles. The molecule has 3 nitrogen and oxygen atoms in total. The Labute approximate surface area is 132 Å². The van der Waals surface area contributed by atoms with Crippen LogP contribution >= 0.6 is 15.9 Å². The molecule has 108 valence electrons. The van der Waals surface area contributed by atoms with Crippen molar-refractivity contribution in [2.45, 2.75) is 24.9 Å². The molecule has 0 spiro atoms. The van der Waals surface area contributed by atoms with Gasteiger partial charge in [-0.05, 0) is 35.6 Å². The van der Waals surface area contributed by atoms with Gasteiger partial charge in [0.2, 0.25) is 5.91 Å². The lowest BCUT2D eigenvalue weighted by atomic mass is 9.90. The lowest BCUT2D eigenvalue weighted by Crippen LogP contribution is -2.50. The minimum absolute atomic E-state index is 0.310. The van der Waals surface area contributed by atoms with Crippen LogP contribution in [-0.4, -0.2) is 5.91 Å². The van der Waals surface area contributed by atoms with Crippen molar-refractivity contribution in [3.63, 3.8) is 0 Å². The van der Waals surface area contributed by atoms with Gasteiger partial charge in [-0.25, -0.2) is 0 Å². The number of carbonyl (C=O) groups is 1. The van der Waals surface area contributed by atoms with Crippen molar-refractivity contribution < 1.29 is 4.79 Å². The molecule has 1 aliphatic rings. The number of hydrogen-bond donors (Lipinski definition) is 2. The number of carbonyl (C=O) groups excluding carboxylic acids is 1. The topological polar surface area (TPSA) is 55.1 Å². The number of rotatable bonds is 4. The molecule has 3 rings (SSSR count). The summed E-state index contributed by atoms with van der Waals surface area (Å²) in [7, 11) is 0. The van der Waals surface area contributed by atoms with E-state index in [4.69, 9.17) is 5.73 Å². The molecule has 0 heterocycles. The first kappa shape index (κ1) is 14.3. The van der Waals surface area contributed by atoms with Gasteiger partial charge in [0.1, 0.15) is 5.54 Å². The largest absolute Gasteiger partial charge is 0.368 e. The molecule has 3 N–H and O–H groups in total. The predicted molar refractivity (Wildman–Crippen MR) is 86.6 cm³/mol. The van der Waals surface area contributed by atoms with Crippen LogP contribution in [0.25, 0.3) is 0 Å². The van der Waals surface area contributed by atoms with Gasteiger partial charge in [0.15, 0.2) is 0 Å². The minimum Gasteiger partial charge on any atom is -0.368 e. The van der Waals surface area contributed by atoms with Crippen LogP contribution in [-0.2, 0) is 23.3 Å². The minimum atomic E-state index is -0.769. The summed E-state index contributed by atoms with van der Waals surface area (Å²) in [6, 6.07) is 16.0. The normalized spacial score (nSPS) is 20.2. The van der Waals surface area contributed by atoms with Crippen LogP contribution in [0.5, 0.6) is 0 Å². The SMILES string of the molecule is NC(=O)C1(NCc2ccccc2)CCc2c(Br)cccc21. The molecule has 2 aromatic carbocycles. The fraction of sp³-hybridized carbons (Fsp3) is 0.235. The van der Waals surface area contributed by atoms with Gasteiger partial charge in [0.25, 0.3) is 0 Å². The van der Waals surface area contributed by atoms with Gasteiger partial charge in [-0.2, -0.15) is 0 Å². The first-order chi connectivity index (χ1) is 10.1. The summed E-state index contributed by atoms with van der Waals surface area (Å²) >= 11 is 3.56. The Bertz CT molecular complexity index is 672. The zero-order valence-corrected chi connectivity index (χ0v) is 13.2. The molecule has 0 saturated heterocycles. The van der Waals surface area contributed by atoms with E-state index in [2.05, 4.69) is 21.2 Å². The van der Waals surface area contributed by atoms with E-state index in [1.165, 1.54) is 5.56 Å². The molecule has 1 unspecified atom stereocenters. The molecule has 1 aliphatic carbocycles. The second kappa shape index (κ2) is 5.62. The van der Waals surface area contributed by atoms with Crippen molar-refractivity contribution in [2.24, 2.45) is 5.73 Å². The average molecular weight is 345 g/mol. The van der Waals surface area contributed by atoms with Crippen LogP contribution < -0.4 is 11.1 Å². The van der Waals surface area contributed by atoms with E-state index in [9.17, 15) is 4.79 Å². The third kappa shape index (κ3) is 2.49. The quantitative estimate of drug-likeness (QED) is 0.895. The van der Waals surface area contributed by atoms with E-state index in [-0.39, 0.29) is 5.91 Å². The van der Waals surface area contributed by atoms with Crippen LogP contribution in [0.2, 0.25) is 0 Å². The summed E-state index contributed by atoms with van der Waals surface area (Å²) < 4.78 is 1.05. The van der Waals surface area contributed by atoms with E-state index < -0.39 is 5.54 Å². The number of nitrogens with one attached hydrogen (secondary N) is 1. The van der Waals surface area contributed by atoms with Crippen molar-refractivity contribution in [1.82, 2.24) is 5.32 Å². The van der Waals surface area contributed by atoms with Gasteiger partial charge in [0.05, 0.1) is 0 Å². The molecule has 0 radical (unpaired) electrons. The summed E-state index contributed by atoms with van der Waals surface area (Å²) in [6.45, 7) is 0.621. The van der Waals surface area contributed by atoms with Gasteiger partial charge < -0.3 is 5.73 Å². The Balaban J connectivity index is 1.93. The highest BCUT2D eigenvalue weighted by Crippen LogP contribution is 2.40. The Morgan fingerprint density at radius 2 is 1.95 bits per heavy atom. The Morgan fingerprint density at radius 1 is 1.19 bits per heavy atom. The fourth-order valence-electron chi connectivity index (χ4n) is 3.04. The molecule has 2 aromatic rings. The van der Waals surface area contributed by atoms with Crippen molar-refractivity contribution in [3.05, 3.63) is 69.7 Å². The van der Waals surface area contributed by atoms with Crippen molar-refractivity contribution in [3.8, 4) is 0 Å². The fourth-order valence-corrected chi connectivity index (χ4v) is 3.60.